The Morgan fingerprint density at radius 3 is 2.25 bits per heavy atom. The van der Waals surface area contributed by atoms with Gasteiger partial charge in [-0.25, -0.2) is 0 Å². The van der Waals surface area contributed by atoms with Crippen LogP contribution < -0.4 is 0 Å². The molecule has 74 valence electrons. The molecule has 0 aliphatic rings. The normalized spacial score (nSPS) is 14.8. The van der Waals surface area contributed by atoms with E-state index in [1.165, 1.54) is 25.0 Å². The third-order valence-electron chi connectivity index (χ3n) is 2.00. The standard InChI is InChI=1S/C10H21BrS/c1-10(2,3)9(11)7-5-6-8-12-4/h9H,5-8H2,1-4H3. The van der Waals surface area contributed by atoms with Crippen molar-refractivity contribution >= 4 is 27.7 Å². The topological polar surface area (TPSA) is 0 Å². The van der Waals surface area contributed by atoms with Crippen LogP contribution in [0.2, 0.25) is 0 Å². The molecule has 0 rings (SSSR count). The molecule has 0 amide bonds. The fraction of sp³-hybridized carbons (Fsp3) is 1.00. The quantitative estimate of drug-likeness (QED) is 0.519. The predicted octanol–water partition coefficient (Wildman–Crippen LogP) is 4.33. The van der Waals surface area contributed by atoms with E-state index >= 15 is 0 Å². The van der Waals surface area contributed by atoms with Crippen molar-refractivity contribution in [2.75, 3.05) is 12.0 Å². The van der Waals surface area contributed by atoms with Crippen molar-refractivity contribution in [3.05, 3.63) is 0 Å². The zero-order chi connectivity index (χ0) is 9.61. The van der Waals surface area contributed by atoms with Gasteiger partial charge in [-0.1, -0.05) is 43.1 Å². The van der Waals surface area contributed by atoms with E-state index in [1.54, 1.807) is 0 Å². The Hall–Kier alpha value is 0.830. The largest absolute Gasteiger partial charge is 0.165 e. The second kappa shape index (κ2) is 6.31. The first-order valence-electron chi connectivity index (χ1n) is 4.61. The Morgan fingerprint density at radius 2 is 1.83 bits per heavy atom. The molecule has 0 spiro atoms. The fourth-order valence-corrected chi connectivity index (χ4v) is 1.82. The summed E-state index contributed by atoms with van der Waals surface area (Å²) in [6.45, 7) is 6.88. The van der Waals surface area contributed by atoms with Crippen LogP contribution in [0.4, 0.5) is 0 Å². The molecule has 0 aromatic heterocycles. The van der Waals surface area contributed by atoms with Crippen LogP contribution >= 0.6 is 27.7 Å². The van der Waals surface area contributed by atoms with Gasteiger partial charge in [0.2, 0.25) is 0 Å². The van der Waals surface area contributed by atoms with Crippen LogP contribution in [0.15, 0.2) is 0 Å². The van der Waals surface area contributed by atoms with Gasteiger partial charge < -0.3 is 0 Å². The first kappa shape index (κ1) is 12.8. The number of rotatable bonds is 5. The maximum atomic E-state index is 3.74. The highest BCUT2D eigenvalue weighted by Crippen LogP contribution is 2.29. The Labute approximate surface area is 90.0 Å². The van der Waals surface area contributed by atoms with Gasteiger partial charge in [-0.05, 0) is 30.3 Å². The van der Waals surface area contributed by atoms with Crippen LogP contribution in [0, 0.1) is 5.41 Å². The Balaban J connectivity index is 3.38. The van der Waals surface area contributed by atoms with E-state index in [-0.39, 0.29) is 0 Å². The van der Waals surface area contributed by atoms with Crippen LogP contribution in [-0.2, 0) is 0 Å². The third kappa shape index (κ3) is 6.36. The number of hydrogen-bond acceptors (Lipinski definition) is 1. The second-order valence-corrected chi connectivity index (χ2v) is 6.41. The van der Waals surface area contributed by atoms with E-state index in [0.717, 1.165) is 0 Å². The maximum Gasteiger partial charge on any atom is 0.0194 e. The molecule has 0 bridgehead atoms. The number of unbranched alkanes of at least 4 members (excludes halogenated alkanes) is 1. The SMILES string of the molecule is CSCCCCC(Br)C(C)(C)C. The lowest BCUT2D eigenvalue weighted by Crippen LogP contribution is -2.19. The van der Waals surface area contributed by atoms with E-state index in [0.29, 0.717) is 10.2 Å². The molecular formula is C10H21BrS. The van der Waals surface area contributed by atoms with Crippen molar-refractivity contribution in [3.8, 4) is 0 Å². The van der Waals surface area contributed by atoms with Crippen molar-refractivity contribution in [2.24, 2.45) is 5.41 Å². The third-order valence-corrected chi connectivity index (χ3v) is 4.52. The summed E-state index contributed by atoms with van der Waals surface area (Å²) < 4.78 is 0. The number of thioether (sulfide) groups is 1. The van der Waals surface area contributed by atoms with Gasteiger partial charge in [-0.15, -0.1) is 0 Å². The molecular weight excluding hydrogens is 232 g/mol. The second-order valence-electron chi connectivity index (χ2n) is 4.32. The minimum Gasteiger partial charge on any atom is -0.165 e. The summed E-state index contributed by atoms with van der Waals surface area (Å²) in [6.07, 6.45) is 6.20. The van der Waals surface area contributed by atoms with E-state index in [4.69, 9.17) is 0 Å². The first-order valence-corrected chi connectivity index (χ1v) is 6.92. The van der Waals surface area contributed by atoms with Gasteiger partial charge in [0.15, 0.2) is 0 Å². The molecule has 1 atom stereocenters. The molecule has 0 aromatic carbocycles. The lowest BCUT2D eigenvalue weighted by molar-refractivity contribution is 0.380. The summed E-state index contributed by atoms with van der Waals surface area (Å²) >= 11 is 5.69. The van der Waals surface area contributed by atoms with Crippen molar-refractivity contribution in [3.63, 3.8) is 0 Å². The Morgan fingerprint density at radius 1 is 1.25 bits per heavy atom. The molecule has 0 saturated heterocycles. The summed E-state index contributed by atoms with van der Waals surface area (Å²) in [4.78, 5) is 0.673. The summed E-state index contributed by atoms with van der Waals surface area (Å²) in [5.41, 5.74) is 0.416. The molecule has 0 N–H and O–H groups in total. The first-order chi connectivity index (χ1) is 5.48. The molecule has 12 heavy (non-hydrogen) atoms. The smallest absolute Gasteiger partial charge is 0.0194 e. The average molecular weight is 253 g/mol. The molecule has 0 heterocycles. The number of alkyl halides is 1. The summed E-state index contributed by atoms with van der Waals surface area (Å²) in [6, 6.07) is 0. The maximum absolute atomic E-state index is 3.74. The molecule has 0 aliphatic heterocycles. The Bertz CT molecular complexity index is 107. The Kier molecular flexibility index (Phi) is 6.75. The van der Waals surface area contributed by atoms with Crippen LogP contribution in [0.3, 0.4) is 0 Å². The highest BCUT2D eigenvalue weighted by atomic mass is 79.9. The summed E-state index contributed by atoms with van der Waals surface area (Å²) in [5.74, 6) is 1.31. The van der Waals surface area contributed by atoms with Gasteiger partial charge in [-0.2, -0.15) is 11.8 Å². The summed E-state index contributed by atoms with van der Waals surface area (Å²) in [7, 11) is 0. The molecule has 1 unspecified atom stereocenters. The average Bonchev–Trinajstić information content (AvgIpc) is 1.96. The summed E-state index contributed by atoms with van der Waals surface area (Å²) in [5, 5.41) is 0. The number of halogens is 1. The minimum absolute atomic E-state index is 0.416. The highest BCUT2D eigenvalue weighted by Gasteiger charge is 2.20. The lowest BCUT2D eigenvalue weighted by Gasteiger charge is -2.25. The van der Waals surface area contributed by atoms with Crippen molar-refractivity contribution in [2.45, 2.75) is 44.9 Å². The molecule has 0 aromatic rings. The van der Waals surface area contributed by atoms with Crippen LogP contribution in [0.25, 0.3) is 0 Å². The van der Waals surface area contributed by atoms with Gasteiger partial charge in [-0.3, -0.25) is 0 Å². The molecule has 0 nitrogen and oxygen atoms in total. The van der Waals surface area contributed by atoms with E-state index in [2.05, 4.69) is 43.0 Å². The van der Waals surface area contributed by atoms with Crippen molar-refractivity contribution in [1.82, 2.24) is 0 Å². The van der Waals surface area contributed by atoms with E-state index in [1.807, 2.05) is 11.8 Å². The van der Waals surface area contributed by atoms with Crippen LogP contribution in [0.5, 0.6) is 0 Å². The zero-order valence-electron chi connectivity index (χ0n) is 8.69. The predicted molar refractivity (Wildman–Crippen MR) is 64.4 cm³/mol. The van der Waals surface area contributed by atoms with Gasteiger partial charge in [0.05, 0.1) is 0 Å². The molecule has 0 saturated carbocycles. The molecule has 0 aliphatic carbocycles. The lowest BCUT2D eigenvalue weighted by atomic mass is 9.89. The van der Waals surface area contributed by atoms with Crippen molar-refractivity contribution in [1.29, 1.82) is 0 Å². The van der Waals surface area contributed by atoms with Gasteiger partial charge in [0, 0.05) is 4.83 Å². The molecule has 0 fully saturated rings. The molecule has 2 heteroatoms. The fourth-order valence-electron chi connectivity index (χ4n) is 1.00. The molecule has 0 radical (unpaired) electrons. The highest BCUT2D eigenvalue weighted by molar-refractivity contribution is 9.09. The van der Waals surface area contributed by atoms with Crippen LogP contribution in [-0.4, -0.2) is 16.8 Å². The minimum atomic E-state index is 0.416. The van der Waals surface area contributed by atoms with E-state index in [9.17, 15) is 0 Å². The van der Waals surface area contributed by atoms with Crippen molar-refractivity contribution < 1.29 is 0 Å². The monoisotopic (exact) mass is 252 g/mol. The van der Waals surface area contributed by atoms with Gasteiger partial charge in [0.25, 0.3) is 0 Å². The van der Waals surface area contributed by atoms with Crippen LogP contribution in [0.1, 0.15) is 40.0 Å². The zero-order valence-corrected chi connectivity index (χ0v) is 11.1. The van der Waals surface area contributed by atoms with Gasteiger partial charge in [0.1, 0.15) is 0 Å². The van der Waals surface area contributed by atoms with Gasteiger partial charge >= 0.3 is 0 Å². The number of hydrogen-bond donors (Lipinski definition) is 0. The van der Waals surface area contributed by atoms with E-state index < -0.39 is 0 Å².